The summed E-state index contributed by atoms with van der Waals surface area (Å²) in [4.78, 5) is 14.9. The molecule has 7 nitrogen and oxygen atoms in total. The zero-order chi connectivity index (χ0) is 23.1. The van der Waals surface area contributed by atoms with E-state index in [0.717, 1.165) is 31.1 Å². The second-order valence-corrected chi connectivity index (χ2v) is 10.3. The van der Waals surface area contributed by atoms with Crippen molar-refractivity contribution >= 4 is 27.5 Å². The molecule has 1 aliphatic heterocycles. The SMILES string of the molecule is COc1ccc(C(=O)NCCN2CCC(C)CC2)cc1S(=O)(=O)NCc1ccc(Cl)cc1. The molecule has 1 saturated heterocycles. The summed E-state index contributed by atoms with van der Waals surface area (Å²) in [7, 11) is -2.51. The number of amides is 1. The van der Waals surface area contributed by atoms with Crippen molar-refractivity contribution in [3.63, 3.8) is 0 Å². The first-order valence-corrected chi connectivity index (χ1v) is 12.6. The number of nitrogens with one attached hydrogen (secondary N) is 2. The fourth-order valence-corrected chi connectivity index (χ4v) is 4.94. The number of halogens is 1. The van der Waals surface area contributed by atoms with E-state index in [1.54, 1.807) is 30.3 Å². The minimum absolute atomic E-state index is 0.0772. The lowest BCUT2D eigenvalue weighted by molar-refractivity contribution is 0.0944. The number of ether oxygens (including phenoxy) is 1. The first kappa shape index (κ1) is 24.5. The van der Waals surface area contributed by atoms with Gasteiger partial charge in [0.05, 0.1) is 7.11 Å². The summed E-state index contributed by atoms with van der Waals surface area (Å²) in [6.07, 6.45) is 2.35. The number of rotatable bonds is 9. The van der Waals surface area contributed by atoms with Gasteiger partial charge in [-0.3, -0.25) is 4.79 Å². The Labute approximate surface area is 195 Å². The van der Waals surface area contributed by atoms with Crippen molar-refractivity contribution in [3.05, 3.63) is 58.6 Å². The second-order valence-electron chi connectivity index (χ2n) is 8.10. The van der Waals surface area contributed by atoms with Crippen molar-refractivity contribution in [2.45, 2.75) is 31.2 Å². The van der Waals surface area contributed by atoms with Gasteiger partial charge in [0.15, 0.2) is 0 Å². The molecular weight excluding hydrogens is 450 g/mol. The van der Waals surface area contributed by atoms with Crippen LogP contribution < -0.4 is 14.8 Å². The van der Waals surface area contributed by atoms with Crippen molar-refractivity contribution < 1.29 is 17.9 Å². The summed E-state index contributed by atoms with van der Waals surface area (Å²) in [5.74, 6) is 0.619. The number of carbonyl (C=O) groups excluding carboxylic acids is 1. The van der Waals surface area contributed by atoms with Crippen LogP contribution in [0, 0.1) is 5.92 Å². The molecule has 2 aromatic rings. The van der Waals surface area contributed by atoms with Gasteiger partial charge in [-0.15, -0.1) is 0 Å². The molecule has 0 bridgehead atoms. The third kappa shape index (κ3) is 6.68. The average Bonchev–Trinajstić information content (AvgIpc) is 2.79. The predicted molar refractivity (Wildman–Crippen MR) is 126 cm³/mol. The summed E-state index contributed by atoms with van der Waals surface area (Å²) in [5.41, 5.74) is 1.03. The highest BCUT2D eigenvalue weighted by Gasteiger charge is 2.22. The van der Waals surface area contributed by atoms with Crippen LogP contribution in [0.25, 0.3) is 0 Å². The number of methoxy groups -OCH3 is 1. The molecule has 2 N–H and O–H groups in total. The van der Waals surface area contributed by atoms with Crippen LogP contribution >= 0.6 is 11.6 Å². The Hall–Kier alpha value is -2.13. The Bertz CT molecular complexity index is 1020. The van der Waals surface area contributed by atoms with Crippen molar-refractivity contribution in [1.82, 2.24) is 14.9 Å². The number of hydrogen-bond donors (Lipinski definition) is 2. The number of carbonyl (C=O) groups is 1. The maximum Gasteiger partial charge on any atom is 0.251 e. The monoisotopic (exact) mass is 479 g/mol. The first-order valence-electron chi connectivity index (χ1n) is 10.7. The van der Waals surface area contributed by atoms with E-state index in [0.29, 0.717) is 11.6 Å². The molecule has 0 spiro atoms. The van der Waals surface area contributed by atoms with E-state index in [1.165, 1.54) is 32.1 Å². The fourth-order valence-electron chi connectivity index (χ4n) is 3.60. The van der Waals surface area contributed by atoms with Crippen molar-refractivity contribution in [1.29, 1.82) is 0 Å². The third-order valence-corrected chi connectivity index (χ3v) is 7.36. The van der Waals surface area contributed by atoms with Crippen molar-refractivity contribution in [3.8, 4) is 5.75 Å². The second kappa shape index (κ2) is 11.1. The Morgan fingerprint density at radius 1 is 1.16 bits per heavy atom. The van der Waals surface area contributed by atoms with Crippen LogP contribution in [0.15, 0.2) is 47.4 Å². The van der Waals surface area contributed by atoms with E-state index in [2.05, 4.69) is 21.9 Å². The van der Waals surface area contributed by atoms with Crippen molar-refractivity contribution in [2.75, 3.05) is 33.3 Å². The lowest BCUT2D eigenvalue weighted by Crippen LogP contribution is -2.39. The first-order chi connectivity index (χ1) is 15.3. The number of benzene rings is 2. The van der Waals surface area contributed by atoms with E-state index in [4.69, 9.17) is 16.3 Å². The minimum atomic E-state index is -3.91. The van der Waals surface area contributed by atoms with Crippen molar-refractivity contribution in [2.24, 2.45) is 5.92 Å². The molecular formula is C23H30ClN3O4S. The van der Waals surface area contributed by atoms with Gasteiger partial charge in [-0.05, 0) is 67.7 Å². The Balaban J connectivity index is 1.64. The van der Waals surface area contributed by atoms with E-state index in [1.807, 2.05) is 0 Å². The quantitative estimate of drug-likeness (QED) is 0.576. The third-order valence-electron chi connectivity index (χ3n) is 5.68. The molecule has 0 unspecified atom stereocenters. The maximum absolute atomic E-state index is 12.9. The van der Waals surface area contributed by atoms with Crippen LogP contribution in [0.2, 0.25) is 5.02 Å². The van der Waals surface area contributed by atoms with Gasteiger partial charge < -0.3 is 15.0 Å². The molecule has 0 aromatic heterocycles. The number of likely N-dealkylation sites (tertiary alicyclic amines) is 1. The molecule has 1 fully saturated rings. The number of hydrogen-bond acceptors (Lipinski definition) is 5. The van der Waals surface area contributed by atoms with Crippen LogP contribution in [-0.4, -0.2) is 52.5 Å². The molecule has 0 aliphatic carbocycles. The molecule has 0 saturated carbocycles. The zero-order valence-corrected chi connectivity index (χ0v) is 20.0. The summed E-state index contributed by atoms with van der Waals surface area (Å²) < 4.78 is 33.6. The molecule has 0 radical (unpaired) electrons. The topological polar surface area (TPSA) is 87.7 Å². The highest BCUT2D eigenvalue weighted by Crippen LogP contribution is 2.25. The summed E-state index contributed by atoms with van der Waals surface area (Å²) in [6.45, 7) is 5.73. The summed E-state index contributed by atoms with van der Waals surface area (Å²) >= 11 is 5.87. The summed E-state index contributed by atoms with van der Waals surface area (Å²) in [5, 5.41) is 3.46. The van der Waals surface area contributed by atoms with Gasteiger partial charge in [0.1, 0.15) is 10.6 Å². The van der Waals surface area contributed by atoms with Crippen LogP contribution in [0.1, 0.15) is 35.7 Å². The Kier molecular flexibility index (Phi) is 8.53. The summed E-state index contributed by atoms with van der Waals surface area (Å²) in [6, 6.07) is 11.3. The molecule has 2 aromatic carbocycles. The Morgan fingerprint density at radius 3 is 2.50 bits per heavy atom. The van der Waals surface area contributed by atoms with E-state index in [-0.39, 0.29) is 28.7 Å². The molecule has 1 amide bonds. The number of nitrogens with zero attached hydrogens (tertiary/aromatic N) is 1. The molecule has 174 valence electrons. The largest absolute Gasteiger partial charge is 0.495 e. The highest BCUT2D eigenvalue weighted by molar-refractivity contribution is 7.89. The lowest BCUT2D eigenvalue weighted by atomic mass is 9.99. The number of sulfonamides is 1. The van der Waals surface area contributed by atoms with Crippen LogP contribution in [0.4, 0.5) is 0 Å². The zero-order valence-electron chi connectivity index (χ0n) is 18.4. The van der Waals surface area contributed by atoms with Gasteiger partial charge in [-0.1, -0.05) is 30.7 Å². The molecule has 0 atom stereocenters. The van der Waals surface area contributed by atoms with Gasteiger partial charge in [-0.2, -0.15) is 0 Å². The number of piperidine rings is 1. The highest BCUT2D eigenvalue weighted by atomic mass is 35.5. The molecule has 32 heavy (non-hydrogen) atoms. The predicted octanol–water partition coefficient (Wildman–Crippen LogP) is 3.29. The molecule has 1 aliphatic rings. The van der Waals surface area contributed by atoms with Gasteiger partial charge in [0.25, 0.3) is 5.91 Å². The van der Waals surface area contributed by atoms with Crippen LogP contribution in [0.5, 0.6) is 5.75 Å². The van der Waals surface area contributed by atoms with Gasteiger partial charge in [-0.25, -0.2) is 13.1 Å². The van der Waals surface area contributed by atoms with E-state index >= 15 is 0 Å². The smallest absolute Gasteiger partial charge is 0.251 e. The lowest BCUT2D eigenvalue weighted by Gasteiger charge is -2.30. The van der Waals surface area contributed by atoms with Crippen LogP contribution in [-0.2, 0) is 16.6 Å². The maximum atomic E-state index is 12.9. The molecule has 9 heteroatoms. The Morgan fingerprint density at radius 2 is 1.84 bits per heavy atom. The van der Waals surface area contributed by atoms with Crippen LogP contribution in [0.3, 0.4) is 0 Å². The normalized spacial score (nSPS) is 15.5. The molecule has 3 rings (SSSR count). The van der Waals surface area contributed by atoms with Gasteiger partial charge in [0, 0.05) is 30.2 Å². The molecule has 1 heterocycles. The average molecular weight is 480 g/mol. The minimum Gasteiger partial charge on any atom is -0.495 e. The fraction of sp³-hybridized carbons (Fsp3) is 0.435. The van der Waals surface area contributed by atoms with Gasteiger partial charge in [0.2, 0.25) is 10.0 Å². The van der Waals surface area contributed by atoms with E-state index in [9.17, 15) is 13.2 Å². The van der Waals surface area contributed by atoms with Gasteiger partial charge >= 0.3 is 0 Å². The van der Waals surface area contributed by atoms with E-state index < -0.39 is 10.0 Å². The standard InChI is InChI=1S/C23H30ClN3O4S/c1-17-9-12-27(13-10-17)14-11-25-23(28)19-5-8-21(31-2)22(15-19)32(29,30)26-16-18-3-6-20(24)7-4-18/h3-8,15,17,26H,9-14,16H2,1-2H3,(H,25,28).